The molecule has 2 aromatic rings. The van der Waals surface area contributed by atoms with E-state index in [2.05, 4.69) is 25.9 Å². The number of alkyl halides is 1. The van der Waals surface area contributed by atoms with Crippen LogP contribution in [0, 0.1) is 0 Å². The van der Waals surface area contributed by atoms with Gasteiger partial charge < -0.3 is 9.64 Å². The summed E-state index contributed by atoms with van der Waals surface area (Å²) in [6, 6.07) is 5.35. The van der Waals surface area contributed by atoms with Gasteiger partial charge in [0.1, 0.15) is 0 Å². The normalized spacial score (nSPS) is 12.3. The lowest BCUT2D eigenvalue weighted by Gasteiger charge is -2.20. The number of aromatic nitrogens is 2. The number of nitrogens with zero attached hydrogens (tertiary/aromatic N) is 3. The maximum Gasteiger partial charge on any atom is 0.253 e. The predicted octanol–water partition coefficient (Wildman–Crippen LogP) is 2.11. The van der Waals surface area contributed by atoms with Crippen molar-refractivity contribution in [3.63, 3.8) is 0 Å². The first-order valence-electron chi connectivity index (χ1n) is 6.21. The van der Waals surface area contributed by atoms with E-state index in [-0.39, 0.29) is 10.7 Å². The molecule has 0 bridgehead atoms. The van der Waals surface area contributed by atoms with Crippen LogP contribution in [0.4, 0.5) is 0 Å². The standard InChI is InChI=1S/C14H16BrN3O2/c1-18(8-11(15)9-20-2)14(19)10-3-4-12-13(7-10)17-6-5-16-12/h3-7,11H,8-9H2,1-2H3. The fourth-order valence-electron chi connectivity index (χ4n) is 1.93. The van der Waals surface area contributed by atoms with Gasteiger partial charge in [0.2, 0.25) is 0 Å². The second kappa shape index (κ2) is 6.76. The molecule has 2 rings (SSSR count). The third kappa shape index (κ3) is 3.52. The minimum Gasteiger partial charge on any atom is -0.383 e. The Morgan fingerprint density at radius 3 is 2.75 bits per heavy atom. The minimum absolute atomic E-state index is 0.0434. The molecule has 106 valence electrons. The zero-order valence-corrected chi connectivity index (χ0v) is 13.0. The second-order valence-corrected chi connectivity index (χ2v) is 5.79. The van der Waals surface area contributed by atoms with E-state index in [1.165, 1.54) is 0 Å². The fraction of sp³-hybridized carbons (Fsp3) is 0.357. The van der Waals surface area contributed by atoms with Gasteiger partial charge in [0.25, 0.3) is 5.91 Å². The van der Waals surface area contributed by atoms with Gasteiger partial charge in [-0.3, -0.25) is 14.8 Å². The summed E-state index contributed by atoms with van der Waals surface area (Å²) >= 11 is 3.48. The van der Waals surface area contributed by atoms with Crippen LogP contribution in [0.5, 0.6) is 0 Å². The van der Waals surface area contributed by atoms with E-state index in [0.29, 0.717) is 18.7 Å². The first kappa shape index (κ1) is 14.9. The van der Waals surface area contributed by atoms with E-state index >= 15 is 0 Å². The summed E-state index contributed by atoms with van der Waals surface area (Å²) in [5.74, 6) is -0.0434. The van der Waals surface area contributed by atoms with E-state index in [0.717, 1.165) is 11.0 Å². The van der Waals surface area contributed by atoms with Crippen molar-refractivity contribution in [1.82, 2.24) is 14.9 Å². The summed E-state index contributed by atoms with van der Waals surface area (Å²) in [5, 5.41) is 0. The topological polar surface area (TPSA) is 55.3 Å². The Kier molecular flexibility index (Phi) is 5.03. The lowest BCUT2D eigenvalue weighted by molar-refractivity contribution is 0.0784. The molecular formula is C14H16BrN3O2. The van der Waals surface area contributed by atoms with Gasteiger partial charge in [-0.05, 0) is 18.2 Å². The van der Waals surface area contributed by atoms with Crippen LogP contribution in [0.3, 0.4) is 0 Å². The van der Waals surface area contributed by atoms with Crippen LogP contribution >= 0.6 is 15.9 Å². The zero-order chi connectivity index (χ0) is 14.5. The number of hydrogen-bond donors (Lipinski definition) is 0. The van der Waals surface area contributed by atoms with Gasteiger partial charge in [0, 0.05) is 38.7 Å². The van der Waals surface area contributed by atoms with E-state index in [1.54, 1.807) is 43.6 Å². The molecule has 0 aliphatic carbocycles. The van der Waals surface area contributed by atoms with Crippen molar-refractivity contribution in [3.05, 3.63) is 36.2 Å². The number of fused-ring (bicyclic) bond motifs is 1. The van der Waals surface area contributed by atoms with E-state index < -0.39 is 0 Å². The maximum atomic E-state index is 12.3. The number of carbonyl (C=O) groups excluding carboxylic acids is 1. The van der Waals surface area contributed by atoms with E-state index in [1.807, 2.05) is 6.07 Å². The minimum atomic E-state index is -0.0434. The molecule has 0 saturated carbocycles. The van der Waals surface area contributed by atoms with E-state index in [9.17, 15) is 4.79 Å². The third-order valence-electron chi connectivity index (χ3n) is 2.88. The zero-order valence-electron chi connectivity index (χ0n) is 11.4. The van der Waals surface area contributed by atoms with Crippen molar-refractivity contribution in [2.45, 2.75) is 4.83 Å². The molecule has 1 heterocycles. The van der Waals surface area contributed by atoms with Crippen molar-refractivity contribution < 1.29 is 9.53 Å². The van der Waals surface area contributed by atoms with Crippen LogP contribution in [0.25, 0.3) is 11.0 Å². The van der Waals surface area contributed by atoms with Gasteiger partial charge in [-0.25, -0.2) is 0 Å². The summed E-state index contributed by atoms with van der Waals surface area (Å²) in [4.78, 5) is 22.5. The summed E-state index contributed by atoms with van der Waals surface area (Å²) in [5.41, 5.74) is 2.11. The molecular weight excluding hydrogens is 322 g/mol. The quantitative estimate of drug-likeness (QED) is 0.784. The summed E-state index contributed by atoms with van der Waals surface area (Å²) in [6.07, 6.45) is 3.25. The van der Waals surface area contributed by atoms with Gasteiger partial charge in [-0.2, -0.15) is 0 Å². The number of methoxy groups -OCH3 is 1. The van der Waals surface area contributed by atoms with Crippen molar-refractivity contribution in [2.24, 2.45) is 0 Å². The Balaban J connectivity index is 2.14. The Morgan fingerprint density at radius 1 is 1.35 bits per heavy atom. The molecule has 1 unspecified atom stereocenters. The predicted molar refractivity (Wildman–Crippen MR) is 81.1 cm³/mol. The summed E-state index contributed by atoms with van der Waals surface area (Å²) < 4.78 is 5.04. The Hall–Kier alpha value is -1.53. The van der Waals surface area contributed by atoms with Crippen molar-refractivity contribution in [2.75, 3.05) is 27.3 Å². The van der Waals surface area contributed by atoms with Crippen LogP contribution < -0.4 is 0 Å². The molecule has 1 aromatic carbocycles. The summed E-state index contributed by atoms with van der Waals surface area (Å²) in [7, 11) is 3.41. The average molecular weight is 338 g/mol. The van der Waals surface area contributed by atoms with Crippen LogP contribution in [0.15, 0.2) is 30.6 Å². The molecule has 5 nitrogen and oxygen atoms in total. The first-order chi connectivity index (χ1) is 9.61. The summed E-state index contributed by atoms with van der Waals surface area (Å²) in [6.45, 7) is 1.13. The number of ether oxygens (including phenoxy) is 1. The molecule has 0 N–H and O–H groups in total. The number of amides is 1. The average Bonchev–Trinajstić information content (AvgIpc) is 2.46. The second-order valence-electron chi connectivity index (χ2n) is 4.50. The third-order valence-corrected chi connectivity index (χ3v) is 3.44. The molecule has 0 spiro atoms. The monoisotopic (exact) mass is 337 g/mol. The number of benzene rings is 1. The van der Waals surface area contributed by atoms with Crippen LogP contribution in [0.2, 0.25) is 0 Å². The number of hydrogen-bond acceptors (Lipinski definition) is 4. The number of carbonyl (C=O) groups is 1. The molecule has 20 heavy (non-hydrogen) atoms. The smallest absolute Gasteiger partial charge is 0.253 e. The van der Waals surface area contributed by atoms with Gasteiger partial charge in [0.15, 0.2) is 0 Å². The number of halogens is 1. The van der Waals surface area contributed by atoms with Crippen molar-refractivity contribution >= 4 is 32.9 Å². The van der Waals surface area contributed by atoms with Gasteiger partial charge in [0.05, 0.1) is 22.5 Å². The highest BCUT2D eigenvalue weighted by Crippen LogP contribution is 2.13. The van der Waals surface area contributed by atoms with Crippen LogP contribution in [0.1, 0.15) is 10.4 Å². The lowest BCUT2D eigenvalue weighted by atomic mass is 10.1. The van der Waals surface area contributed by atoms with E-state index in [4.69, 9.17) is 4.74 Å². The lowest BCUT2D eigenvalue weighted by Crippen LogP contribution is -2.33. The molecule has 0 aliphatic heterocycles. The largest absolute Gasteiger partial charge is 0.383 e. The molecule has 1 aromatic heterocycles. The SMILES string of the molecule is COCC(Br)CN(C)C(=O)c1ccc2nccnc2c1. The Bertz CT molecular complexity index is 606. The molecule has 6 heteroatoms. The molecule has 0 fully saturated rings. The molecule has 0 aliphatic rings. The van der Waals surface area contributed by atoms with Crippen molar-refractivity contribution in [1.29, 1.82) is 0 Å². The molecule has 0 radical (unpaired) electrons. The Labute approximate surface area is 126 Å². The molecule has 1 amide bonds. The first-order valence-corrected chi connectivity index (χ1v) is 7.12. The molecule has 0 saturated heterocycles. The Morgan fingerprint density at radius 2 is 2.05 bits per heavy atom. The highest BCUT2D eigenvalue weighted by molar-refractivity contribution is 9.09. The van der Waals surface area contributed by atoms with Crippen LogP contribution in [-0.4, -0.2) is 52.9 Å². The van der Waals surface area contributed by atoms with Gasteiger partial charge >= 0.3 is 0 Å². The highest BCUT2D eigenvalue weighted by Gasteiger charge is 2.15. The molecule has 1 atom stereocenters. The maximum absolute atomic E-state index is 12.3. The van der Waals surface area contributed by atoms with Crippen molar-refractivity contribution in [3.8, 4) is 0 Å². The fourth-order valence-corrected chi connectivity index (χ4v) is 2.63. The number of rotatable bonds is 5. The van der Waals surface area contributed by atoms with Crippen LogP contribution in [-0.2, 0) is 4.74 Å². The highest BCUT2D eigenvalue weighted by atomic mass is 79.9. The van der Waals surface area contributed by atoms with Gasteiger partial charge in [-0.15, -0.1) is 0 Å². The van der Waals surface area contributed by atoms with Gasteiger partial charge in [-0.1, -0.05) is 15.9 Å².